The molecule has 0 unspecified atom stereocenters. The van der Waals surface area contributed by atoms with E-state index in [1.807, 2.05) is 18.7 Å². The van der Waals surface area contributed by atoms with Gasteiger partial charge in [0.2, 0.25) is 0 Å². The lowest BCUT2D eigenvalue weighted by Gasteiger charge is -2.37. The zero-order valence-corrected chi connectivity index (χ0v) is 22.9. The molecule has 3 rings (SSSR count). The molecule has 0 saturated carbocycles. The Morgan fingerprint density at radius 2 is 1.83 bits per heavy atom. The minimum atomic E-state index is -0.250. The van der Waals surface area contributed by atoms with E-state index in [0.717, 1.165) is 50.9 Å². The Morgan fingerprint density at radius 3 is 2.43 bits per heavy atom. The van der Waals surface area contributed by atoms with E-state index in [-0.39, 0.29) is 17.9 Å². The van der Waals surface area contributed by atoms with Gasteiger partial charge >= 0.3 is 6.03 Å². The molecule has 1 heterocycles. The Morgan fingerprint density at radius 1 is 1.17 bits per heavy atom. The predicted molar refractivity (Wildman–Crippen MR) is 145 cm³/mol. The maximum absolute atomic E-state index is 12.9. The lowest BCUT2D eigenvalue weighted by atomic mass is 10.0. The minimum Gasteiger partial charge on any atom is -0.498 e. The van der Waals surface area contributed by atoms with Crippen LogP contribution in [0, 0.1) is 11.7 Å². The quantitative estimate of drug-likeness (QED) is 0.449. The summed E-state index contributed by atoms with van der Waals surface area (Å²) in [4.78, 5) is 16.2. The number of likely N-dealkylation sites (tertiary alicyclic amines) is 1. The fourth-order valence-corrected chi connectivity index (χ4v) is 3.92. The molecule has 0 spiro atoms. The van der Waals surface area contributed by atoms with Crippen molar-refractivity contribution in [1.29, 1.82) is 0 Å². The first-order valence-corrected chi connectivity index (χ1v) is 13.3. The van der Waals surface area contributed by atoms with E-state index in [4.69, 9.17) is 4.74 Å². The van der Waals surface area contributed by atoms with Crippen molar-refractivity contribution >= 4 is 6.03 Å². The SMILES string of the molecule is CC.CC(C)CO/C1=C/C/C=C\CCC1.CNC(=O)N(Cc1ccc(F)cc1)C1CCN(C)CC1. The second-order valence-electron chi connectivity index (χ2n) is 9.32. The van der Waals surface area contributed by atoms with Gasteiger partial charge in [-0.05, 0) is 81.9 Å². The molecule has 0 aromatic heterocycles. The smallest absolute Gasteiger partial charge is 0.317 e. The fourth-order valence-electron chi connectivity index (χ4n) is 3.92. The van der Waals surface area contributed by atoms with Gasteiger partial charge < -0.3 is 19.9 Å². The van der Waals surface area contributed by atoms with Crippen molar-refractivity contribution in [3.05, 3.63) is 59.6 Å². The van der Waals surface area contributed by atoms with E-state index in [1.165, 1.54) is 30.7 Å². The lowest BCUT2D eigenvalue weighted by Crippen LogP contribution is -2.49. The van der Waals surface area contributed by atoms with Crippen molar-refractivity contribution in [1.82, 2.24) is 15.1 Å². The van der Waals surface area contributed by atoms with Crippen LogP contribution in [-0.2, 0) is 11.3 Å². The normalized spacial score (nSPS) is 18.9. The van der Waals surface area contributed by atoms with E-state index >= 15 is 0 Å². The molecule has 2 amide bonds. The number of carbonyl (C=O) groups excluding carboxylic acids is 1. The number of benzene rings is 1. The topological polar surface area (TPSA) is 44.8 Å². The minimum absolute atomic E-state index is 0.0659. The summed E-state index contributed by atoms with van der Waals surface area (Å²) in [5.41, 5.74) is 0.953. The summed E-state index contributed by atoms with van der Waals surface area (Å²) >= 11 is 0. The number of hydrogen-bond acceptors (Lipinski definition) is 3. The average Bonchev–Trinajstić information content (AvgIpc) is 2.85. The fraction of sp³-hybridized carbons (Fsp3) is 0.621. The monoisotopic (exact) mass is 489 g/mol. The Bertz CT molecular complexity index is 754. The van der Waals surface area contributed by atoms with E-state index in [1.54, 1.807) is 19.2 Å². The highest BCUT2D eigenvalue weighted by Crippen LogP contribution is 2.19. The first-order chi connectivity index (χ1) is 16.9. The van der Waals surface area contributed by atoms with Crippen molar-refractivity contribution < 1.29 is 13.9 Å². The van der Waals surface area contributed by atoms with Gasteiger partial charge in [0, 0.05) is 26.1 Å². The van der Waals surface area contributed by atoms with E-state index in [2.05, 4.69) is 49.3 Å². The number of allylic oxidation sites excluding steroid dienone is 4. The molecule has 1 fully saturated rings. The lowest BCUT2D eigenvalue weighted by molar-refractivity contribution is 0.128. The van der Waals surface area contributed by atoms with Gasteiger partial charge in [-0.1, -0.05) is 52.0 Å². The van der Waals surface area contributed by atoms with E-state index < -0.39 is 0 Å². The highest BCUT2D eigenvalue weighted by molar-refractivity contribution is 5.74. The van der Waals surface area contributed by atoms with Crippen molar-refractivity contribution in [3.8, 4) is 0 Å². The van der Waals surface area contributed by atoms with E-state index in [0.29, 0.717) is 12.5 Å². The summed E-state index contributed by atoms with van der Waals surface area (Å²) in [5, 5.41) is 2.70. The number of nitrogens with zero attached hydrogens (tertiary/aromatic N) is 2. The van der Waals surface area contributed by atoms with Crippen molar-refractivity contribution in [2.45, 2.75) is 78.8 Å². The third-order valence-electron chi connectivity index (χ3n) is 5.91. The highest BCUT2D eigenvalue weighted by Gasteiger charge is 2.26. The van der Waals surface area contributed by atoms with Crippen LogP contribution in [0.25, 0.3) is 0 Å². The molecular weight excluding hydrogens is 441 g/mol. The van der Waals surface area contributed by atoms with Gasteiger partial charge in [0.15, 0.2) is 0 Å². The Kier molecular flexibility index (Phi) is 15.8. The largest absolute Gasteiger partial charge is 0.498 e. The van der Waals surface area contributed by atoms with Gasteiger partial charge in [-0.25, -0.2) is 9.18 Å². The summed E-state index contributed by atoms with van der Waals surface area (Å²) in [6.45, 7) is 11.7. The molecule has 1 N–H and O–H groups in total. The van der Waals surface area contributed by atoms with Crippen LogP contribution < -0.4 is 5.32 Å². The third kappa shape index (κ3) is 12.8. The zero-order valence-electron chi connectivity index (χ0n) is 22.9. The summed E-state index contributed by atoms with van der Waals surface area (Å²) in [6, 6.07) is 6.53. The highest BCUT2D eigenvalue weighted by atomic mass is 19.1. The summed E-state index contributed by atoms with van der Waals surface area (Å²) in [6.07, 6.45) is 13.2. The molecule has 5 nitrogen and oxygen atoms in total. The number of halogens is 1. The standard InChI is InChI=1S/C15H22FN3O.C12H20O.C2H6/c1-17-15(20)19(14-7-9-18(2)10-8-14)11-12-3-5-13(16)6-4-12;1-11(2)10-13-12-8-6-4-3-5-7-9-12;1-2/h3-6,14H,7-11H2,1-2H3,(H,17,20);3-4,8,11H,5-7,9-10H2,1-2H3;1-2H3/b;4-3-,12-8+;. The first kappa shape index (κ1) is 30.7. The predicted octanol–water partition coefficient (Wildman–Crippen LogP) is 6.76. The Balaban J connectivity index is 0.000000354. The second-order valence-corrected chi connectivity index (χ2v) is 9.32. The number of nitrogens with one attached hydrogen (secondary N) is 1. The molecule has 0 bridgehead atoms. The van der Waals surface area contributed by atoms with Gasteiger partial charge in [0.05, 0.1) is 12.4 Å². The van der Waals surface area contributed by atoms with Gasteiger partial charge in [-0.15, -0.1) is 0 Å². The first-order valence-electron chi connectivity index (χ1n) is 13.3. The van der Waals surface area contributed by atoms with Crippen molar-refractivity contribution in [3.63, 3.8) is 0 Å². The molecule has 35 heavy (non-hydrogen) atoms. The second kappa shape index (κ2) is 18.0. The molecule has 0 atom stereocenters. The number of rotatable bonds is 6. The van der Waals surface area contributed by atoms with Crippen LogP contribution in [0.15, 0.2) is 48.3 Å². The molecule has 1 aliphatic carbocycles. The molecular formula is C29H48FN3O2. The van der Waals surface area contributed by atoms with Crippen LogP contribution in [0.1, 0.15) is 71.8 Å². The summed E-state index contributed by atoms with van der Waals surface area (Å²) in [5.74, 6) is 1.57. The van der Waals surface area contributed by atoms with Crippen LogP contribution >= 0.6 is 0 Å². The molecule has 198 valence electrons. The van der Waals surface area contributed by atoms with E-state index in [9.17, 15) is 9.18 Å². The number of piperidine rings is 1. The maximum atomic E-state index is 12.9. The van der Waals surface area contributed by atoms with Crippen LogP contribution in [0.5, 0.6) is 0 Å². The van der Waals surface area contributed by atoms with Crippen LogP contribution in [0.3, 0.4) is 0 Å². The third-order valence-corrected chi connectivity index (χ3v) is 5.91. The molecule has 1 aromatic rings. The average molecular weight is 490 g/mol. The molecule has 0 radical (unpaired) electrons. The summed E-state index contributed by atoms with van der Waals surface area (Å²) < 4.78 is 18.7. The Labute approximate surface area is 213 Å². The van der Waals surface area contributed by atoms with Gasteiger partial charge in [0.1, 0.15) is 5.82 Å². The van der Waals surface area contributed by atoms with Crippen LogP contribution in [0.4, 0.5) is 9.18 Å². The molecule has 2 aliphatic rings. The summed E-state index contributed by atoms with van der Waals surface area (Å²) in [7, 11) is 3.75. The number of amides is 2. The van der Waals surface area contributed by atoms with Gasteiger partial charge in [-0.2, -0.15) is 0 Å². The van der Waals surface area contributed by atoms with Crippen molar-refractivity contribution in [2.75, 3.05) is 33.8 Å². The zero-order chi connectivity index (χ0) is 26.1. The van der Waals surface area contributed by atoms with Crippen LogP contribution in [-0.4, -0.2) is 55.7 Å². The Hall–Kier alpha value is -2.34. The van der Waals surface area contributed by atoms with Crippen LogP contribution in [0.2, 0.25) is 0 Å². The molecule has 1 aliphatic heterocycles. The maximum Gasteiger partial charge on any atom is 0.317 e. The van der Waals surface area contributed by atoms with Crippen molar-refractivity contribution in [2.24, 2.45) is 5.92 Å². The van der Waals surface area contributed by atoms with Gasteiger partial charge in [0.25, 0.3) is 0 Å². The molecule has 1 aromatic carbocycles. The molecule has 1 saturated heterocycles. The number of hydrogen-bond donors (Lipinski definition) is 1. The number of ether oxygens (including phenoxy) is 1. The van der Waals surface area contributed by atoms with Gasteiger partial charge in [-0.3, -0.25) is 0 Å². The molecule has 6 heteroatoms. The number of carbonyl (C=O) groups is 1. The number of urea groups is 1.